The Hall–Kier alpha value is -0.690. The predicted octanol–water partition coefficient (Wildman–Crippen LogP) is 0.927. The standard InChI is InChI=1S/C11H15ClFNO3S/c1-18(16,17)6-10(15)7(5-14)11-8(12)3-2-4-9(11)13/h2-4,7,10,15H,5-6,14H2,1H3. The third-order valence-electron chi connectivity index (χ3n) is 2.56. The van der Waals surface area contributed by atoms with Crippen molar-refractivity contribution in [3.63, 3.8) is 0 Å². The molecule has 3 N–H and O–H groups in total. The molecule has 0 aromatic heterocycles. The number of aliphatic hydroxyl groups excluding tert-OH is 1. The lowest BCUT2D eigenvalue weighted by molar-refractivity contribution is 0.165. The summed E-state index contributed by atoms with van der Waals surface area (Å²) in [6.07, 6.45) is -0.299. The van der Waals surface area contributed by atoms with Crippen LogP contribution < -0.4 is 5.73 Å². The zero-order valence-corrected chi connectivity index (χ0v) is 11.4. The van der Waals surface area contributed by atoms with Crippen LogP contribution in [-0.2, 0) is 9.84 Å². The molecule has 1 rings (SSSR count). The van der Waals surface area contributed by atoms with Gasteiger partial charge in [0.25, 0.3) is 0 Å². The molecule has 0 spiro atoms. The van der Waals surface area contributed by atoms with Crippen LogP contribution in [0.4, 0.5) is 4.39 Å². The minimum atomic E-state index is -3.38. The van der Waals surface area contributed by atoms with Crippen LogP contribution in [0.1, 0.15) is 11.5 Å². The van der Waals surface area contributed by atoms with Gasteiger partial charge in [0.05, 0.1) is 11.9 Å². The number of rotatable bonds is 5. The van der Waals surface area contributed by atoms with Crippen molar-refractivity contribution >= 4 is 21.4 Å². The van der Waals surface area contributed by atoms with Crippen LogP contribution in [-0.4, -0.2) is 38.2 Å². The van der Waals surface area contributed by atoms with Crippen LogP contribution in [0.5, 0.6) is 0 Å². The Morgan fingerprint density at radius 1 is 1.50 bits per heavy atom. The van der Waals surface area contributed by atoms with Crippen LogP contribution in [0.2, 0.25) is 5.02 Å². The quantitative estimate of drug-likeness (QED) is 0.847. The second-order valence-corrected chi connectivity index (χ2v) is 6.73. The predicted molar refractivity (Wildman–Crippen MR) is 68.9 cm³/mol. The molecule has 0 aliphatic rings. The number of sulfone groups is 1. The zero-order valence-electron chi connectivity index (χ0n) is 9.81. The van der Waals surface area contributed by atoms with Gasteiger partial charge in [-0.3, -0.25) is 0 Å². The molecular weight excluding hydrogens is 281 g/mol. The van der Waals surface area contributed by atoms with Gasteiger partial charge in [-0.2, -0.15) is 0 Å². The van der Waals surface area contributed by atoms with Gasteiger partial charge in [0.1, 0.15) is 15.7 Å². The molecule has 0 saturated carbocycles. The molecule has 0 aliphatic heterocycles. The second kappa shape index (κ2) is 5.97. The number of hydrogen-bond donors (Lipinski definition) is 2. The highest BCUT2D eigenvalue weighted by Crippen LogP contribution is 2.29. The van der Waals surface area contributed by atoms with Crippen LogP contribution in [0.25, 0.3) is 0 Å². The van der Waals surface area contributed by atoms with Gasteiger partial charge in [-0.25, -0.2) is 12.8 Å². The van der Waals surface area contributed by atoms with Crippen molar-refractivity contribution < 1.29 is 17.9 Å². The highest BCUT2D eigenvalue weighted by atomic mass is 35.5. The van der Waals surface area contributed by atoms with Crippen molar-refractivity contribution in [2.45, 2.75) is 12.0 Å². The van der Waals surface area contributed by atoms with Gasteiger partial charge >= 0.3 is 0 Å². The lowest BCUT2D eigenvalue weighted by Gasteiger charge is -2.22. The fourth-order valence-corrected chi connectivity index (χ4v) is 2.91. The van der Waals surface area contributed by atoms with E-state index in [2.05, 4.69) is 0 Å². The zero-order chi connectivity index (χ0) is 13.9. The maximum atomic E-state index is 13.7. The van der Waals surface area contributed by atoms with Crippen molar-refractivity contribution in [2.24, 2.45) is 5.73 Å². The van der Waals surface area contributed by atoms with E-state index in [1.54, 1.807) is 0 Å². The third-order valence-corrected chi connectivity index (χ3v) is 3.84. The van der Waals surface area contributed by atoms with Crippen molar-refractivity contribution in [1.29, 1.82) is 0 Å². The molecule has 18 heavy (non-hydrogen) atoms. The summed E-state index contributed by atoms with van der Waals surface area (Å²) in [6, 6.07) is 4.09. The summed E-state index contributed by atoms with van der Waals surface area (Å²) in [6.45, 7) is -0.0999. The number of aliphatic hydroxyl groups is 1. The van der Waals surface area contributed by atoms with E-state index in [-0.39, 0.29) is 17.1 Å². The van der Waals surface area contributed by atoms with Crippen LogP contribution >= 0.6 is 11.6 Å². The minimum absolute atomic E-state index is 0.0535. The molecule has 1 aromatic carbocycles. The van der Waals surface area contributed by atoms with Gasteiger partial charge in [0, 0.05) is 29.3 Å². The molecule has 102 valence electrons. The Morgan fingerprint density at radius 2 is 2.11 bits per heavy atom. The van der Waals surface area contributed by atoms with E-state index in [1.165, 1.54) is 18.2 Å². The van der Waals surface area contributed by atoms with E-state index in [0.29, 0.717) is 0 Å². The molecule has 2 atom stereocenters. The Labute approximate surface area is 110 Å². The molecule has 4 nitrogen and oxygen atoms in total. The first kappa shape index (κ1) is 15.4. The van der Waals surface area contributed by atoms with E-state index >= 15 is 0 Å². The van der Waals surface area contributed by atoms with Gasteiger partial charge in [0.2, 0.25) is 0 Å². The Morgan fingerprint density at radius 3 is 2.56 bits per heavy atom. The normalized spacial score (nSPS) is 15.4. The number of benzene rings is 1. The first-order chi connectivity index (χ1) is 8.26. The maximum Gasteiger partial charge on any atom is 0.150 e. The van der Waals surface area contributed by atoms with E-state index in [4.69, 9.17) is 17.3 Å². The van der Waals surface area contributed by atoms with Gasteiger partial charge < -0.3 is 10.8 Å². The number of hydrogen-bond acceptors (Lipinski definition) is 4. The van der Waals surface area contributed by atoms with E-state index in [1.807, 2.05) is 0 Å². The van der Waals surface area contributed by atoms with Gasteiger partial charge in [-0.05, 0) is 12.1 Å². The summed E-state index contributed by atoms with van der Waals surface area (Å²) >= 11 is 5.86. The Balaban J connectivity index is 3.10. The molecule has 0 bridgehead atoms. The largest absolute Gasteiger partial charge is 0.391 e. The van der Waals surface area contributed by atoms with E-state index in [9.17, 15) is 17.9 Å². The first-order valence-corrected chi connectivity index (χ1v) is 7.70. The minimum Gasteiger partial charge on any atom is -0.391 e. The molecule has 0 saturated heterocycles. The maximum absolute atomic E-state index is 13.7. The summed E-state index contributed by atoms with van der Waals surface area (Å²) in [4.78, 5) is 0. The molecule has 0 amide bonds. The molecule has 1 aromatic rings. The molecule has 0 radical (unpaired) electrons. The third kappa shape index (κ3) is 3.91. The SMILES string of the molecule is CS(=O)(=O)CC(O)C(CN)c1c(F)cccc1Cl. The van der Waals surface area contributed by atoms with E-state index in [0.717, 1.165) is 6.26 Å². The molecule has 0 heterocycles. The molecular formula is C11H15ClFNO3S. The Bertz CT molecular complexity index is 501. The highest BCUT2D eigenvalue weighted by molar-refractivity contribution is 7.90. The number of halogens is 2. The van der Waals surface area contributed by atoms with Crippen LogP contribution in [0.15, 0.2) is 18.2 Å². The highest BCUT2D eigenvalue weighted by Gasteiger charge is 2.27. The van der Waals surface area contributed by atoms with Crippen molar-refractivity contribution in [3.8, 4) is 0 Å². The molecule has 0 fully saturated rings. The second-order valence-electron chi connectivity index (χ2n) is 4.14. The summed E-state index contributed by atoms with van der Waals surface area (Å²) in [5, 5.41) is 9.99. The smallest absolute Gasteiger partial charge is 0.150 e. The summed E-state index contributed by atoms with van der Waals surface area (Å²) in [7, 11) is -3.38. The lowest BCUT2D eigenvalue weighted by atomic mass is 9.94. The van der Waals surface area contributed by atoms with Crippen molar-refractivity contribution in [3.05, 3.63) is 34.6 Å². The summed E-state index contributed by atoms with van der Waals surface area (Å²) < 4.78 is 36.0. The molecule has 2 unspecified atom stereocenters. The van der Waals surface area contributed by atoms with E-state index < -0.39 is 33.4 Å². The fourth-order valence-electron chi connectivity index (χ4n) is 1.76. The first-order valence-electron chi connectivity index (χ1n) is 5.26. The van der Waals surface area contributed by atoms with Crippen LogP contribution in [0, 0.1) is 5.82 Å². The molecule has 0 aliphatic carbocycles. The van der Waals surface area contributed by atoms with Crippen LogP contribution in [0.3, 0.4) is 0 Å². The van der Waals surface area contributed by atoms with Gasteiger partial charge in [0.15, 0.2) is 0 Å². The monoisotopic (exact) mass is 295 g/mol. The van der Waals surface area contributed by atoms with Crippen molar-refractivity contribution in [2.75, 3.05) is 18.6 Å². The lowest BCUT2D eigenvalue weighted by Crippen LogP contribution is -2.32. The number of nitrogens with two attached hydrogens (primary N) is 1. The molecule has 7 heteroatoms. The topological polar surface area (TPSA) is 80.4 Å². The summed E-state index contributed by atoms with van der Waals surface area (Å²) in [5.74, 6) is -1.95. The summed E-state index contributed by atoms with van der Waals surface area (Å²) in [5.41, 5.74) is 5.54. The van der Waals surface area contributed by atoms with Crippen molar-refractivity contribution in [1.82, 2.24) is 0 Å². The van der Waals surface area contributed by atoms with Gasteiger partial charge in [-0.15, -0.1) is 0 Å². The average Bonchev–Trinajstić information content (AvgIpc) is 2.20. The fraction of sp³-hybridized carbons (Fsp3) is 0.455. The van der Waals surface area contributed by atoms with Gasteiger partial charge in [-0.1, -0.05) is 17.7 Å². The Kier molecular flexibility index (Phi) is 5.10. The average molecular weight is 296 g/mol.